The summed E-state index contributed by atoms with van der Waals surface area (Å²) < 4.78 is 1.94. The summed E-state index contributed by atoms with van der Waals surface area (Å²) >= 11 is 14.6. The summed E-state index contributed by atoms with van der Waals surface area (Å²) in [5.41, 5.74) is 0.505. The van der Waals surface area contributed by atoms with E-state index in [4.69, 9.17) is 23.2 Å². The van der Waals surface area contributed by atoms with E-state index in [1.54, 1.807) is 24.3 Å². The summed E-state index contributed by atoms with van der Waals surface area (Å²) in [5.74, 6) is 0.610. The highest BCUT2D eigenvalue weighted by molar-refractivity contribution is 7.99. The Bertz CT molecular complexity index is 1020. The molecule has 2 aromatic heterocycles. The van der Waals surface area contributed by atoms with Crippen molar-refractivity contribution in [3.8, 4) is 0 Å². The van der Waals surface area contributed by atoms with Gasteiger partial charge in [-0.3, -0.25) is 9.59 Å². The Labute approximate surface area is 192 Å². The number of hydrogen-bond acceptors (Lipinski definition) is 6. The first kappa shape index (κ1) is 22.6. The zero-order valence-corrected chi connectivity index (χ0v) is 19.2. The lowest BCUT2D eigenvalue weighted by molar-refractivity contribution is -0.113. The van der Waals surface area contributed by atoms with Crippen molar-refractivity contribution in [3.63, 3.8) is 0 Å². The number of aromatic nitrogens is 3. The molecule has 30 heavy (non-hydrogen) atoms. The zero-order valence-electron chi connectivity index (χ0n) is 16.0. The molecule has 0 aliphatic carbocycles. The number of carbonyl (C=O) groups is 2. The summed E-state index contributed by atoms with van der Waals surface area (Å²) in [5, 5.41) is 17.4. The van der Waals surface area contributed by atoms with Crippen LogP contribution in [0.15, 0.2) is 40.9 Å². The SMILES string of the molecule is CCn1c(CCNC(=O)c2cccs2)nnc1SCC(=O)Nc1ccc(Cl)cc1Cl. The normalized spacial score (nSPS) is 10.8. The maximum Gasteiger partial charge on any atom is 0.261 e. The van der Waals surface area contributed by atoms with Gasteiger partial charge in [-0.1, -0.05) is 41.0 Å². The minimum Gasteiger partial charge on any atom is -0.351 e. The van der Waals surface area contributed by atoms with Crippen molar-refractivity contribution in [2.24, 2.45) is 0 Å². The number of hydrogen-bond donors (Lipinski definition) is 2. The van der Waals surface area contributed by atoms with E-state index in [-0.39, 0.29) is 17.6 Å². The predicted molar refractivity (Wildman–Crippen MR) is 122 cm³/mol. The highest BCUT2D eigenvalue weighted by Gasteiger charge is 2.14. The molecule has 0 aliphatic rings. The zero-order chi connectivity index (χ0) is 21.5. The van der Waals surface area contributed by atoms with Crippen LogP contribution in [0.4, 0.5) is 5.69 Å². The second-order valence-electron chi connectivity index (χ2n) is 6.09. The van der Waals surface area contributed by atoms with Crippen LogP contribution < -0.4 is 10.6 Å². The van der Waals surface area contributed by atoms with Gasteiger partial charge in [0.05, 0.1) is 21.3 Å². The topological polar surface area (TPSA) is 88.9 Å². The molecule has 0 spiro atoms. The van der Waals surface area contributed by atoms with Crippen molar-refractivity contribution >= 4 is 63.8 Å². The Morgan fingerprint density at radius 2 is 2.07 bits per heavy atom. The van der Waals surface area contributed by atoms with Gasteiger partial charge in [0.1, 0.15) is 5.82 Å². The van der Waals surface area contributed by atoms with Crippen LogP contribution in [-0.2, 0) is 17.8 Å². The maximum atomic E-state index is 12.3. The highest BCUT2D eigenvalue weighted by Crippen LogP contribution is 2.26. The number of rotatable bonds is 9. The lowest BCUT2D eigenvalue weighted by atomic mass is 10.3. The molecule has 0 aliphatic heterocycles. The third-order valence-electron chi connectivity index (χ3n) is 4.03. The van der Waals surface area contributed by atoms with Crippen LogP contribution in [0.3, 0.4) is 0 Å². The highest BCUT2D eigenvalue weighted by atomic mass is 35.5. The van der Waals surface area contributed by atoms with Crippen molar-refractivity contribution in [3.05, 3.63) is 56.5 Å². The number of nitrogens with zero attached hydrogens (tertiary/aromatic N) is 3. The van der Waals surface area contributed by atoms with Gasteiger partial charge in [-0.05, 0) is 36.6 Å². The summed E-state index contributed by atoms with van der Waals surface area (Å²) in [6, 6.07) is 8.51. The van der Waals surface area contributed by atoms with Crippen molar-refractivity contribution in [1.82, 2.24) is 20.1 Å². The summed E-state index contributed by atoms with van der Waals surface area (Å²) in [4.78, 5) is 25.0. The quantitative estimate of drug-likeness (QED) is 0.441. The van der Waals surface area contributed by atoms with Crippen LogP contribution in [0.1, 0.15) is 22.4 Å². The van der Waals surface area contributed by atoms with Crippen LogP contribution in [-0.4, -0.2) is 38.9 Å². The molecule has 2 N–H and O–H groups in total. The number of nitrogens with one attached hydrogen (secondary N) is 2. The van der Waals surface area contributed by atoms with Gasteiger partial charge in [-0.2, -0.15) is 0 Å². The van der Waals surface area contributed by atoms with Crippen LogP contribution in [0.5, 0.6) is 0 Å². The fourth-order valence-corrected chi connectivity index (χ4v) is 4.54. The van der Waals surface area contributed by atoms with Crippen molar-refractivity contribution in [2.45, 2.75) is 25.0 Å². The molecule has 7 nitrogen and oxygen atoms in total. The van der Waals surface area contributed by atoms with Gasteiger partial charge in [0, 0.05) is 24.5 Å². The number of carbonyl (C=O) groups excluding carboxylic acids is 2. The van der Waals surface area contributed by atoms with Gasteiger partial charge in [0.2, 0.25) is 5.91 Å². The van der Waals surface area contributed by atoms with E-state index < -0.39 is 0 Å². The molecular weight excluding hydrogens is 465 g/mol. The average molecular weight is 484 g/mol. The van der Waals surface area contributed by atoms with Crippen LogP contribution in [0, 0.1) is 0 Å². The number of thiophene rings is 1. The molecule has 11 heteroatoms. The Morgan fingerprint density at radius 1 is 1.23 bits per heavy atom. The number of benzene rings is 1. The van der Waals surface area contributed by atoms with E-state index in [1.807, 2.05) is 22.9 Å². The molecule has 3 aromatic rings. The molecule has 0 unspecified atom stereocenters. The second kappa shape index (κ2) is 10.8. The number of halogens is 2. The standard InChI is InChI=1S/C19H19Cl2N5O2S2/c1-2-26-16(7-8-22-18(28)15-4-3-9-29-15)24-25-19(26)30-11-17(27)23-14-6-5-12(20)10-13(14)21/h3-6,9-10H,2,7-8,11H2,1H3,(H,22,28)(H,23,27). The molecule has 0 fully saturated rings. The van der Waals surface area contributed by atoms with Gasteiger partial charge in [0.25, 0.3) is 5.91 Å². The Kier molecular flexibility index (Phi) is 8.15. The monoisotopic (exact) mass is 483 g/mol. The first-order valence-corrected chi connectivity index (χ1v) is 11.7. The van der Waals surface area contributed by atoms with Crippen molar-refractivity contribution in [2.75, 3.05) is 17.6 Å². The van der Waals surface area contributed by atoms with Gasteiger partial charge in [-0.25, -0.2) is 0 Å². The third kappa shape index (κ3) is 5.98. The fourth-order valence-electron chi connectivity index (χ4n) is 2.62. The van der Waals surface area contributed by atoms with E-state index in [9.17, 15) is 9.59 Å². The van der Waals surface area contributed by atoms with E-state index in [0.717, 1.165) is 5.82 Å². The van der Waals surface area contributed by atoms with Gasteiger partial charge < -0.3 is 15.2 Å². The van der Waals surface area contributed by atoms with Gasteiger partial charge >= 0.3 is 0 Å². The van der Waals surface area contributed by atoms with Gasteiger partial charge in [0.15, 0.2) is 5.16 Å². The van der Waals surface area contributed by atoms with E-state index in [2.05, 4.69) is 20.8 Å². The summed E-state index contributed by atoms with van der Waals surface area (Å²) in [7, 11) is 0. The maximum absolute atomic E-state index is 12.3. The van der Waals surface area contributed by atoms with Crippen molar-refractivity contribution in [1.29, 1.82) is 0 Å². The molecule has 0 saturated carbocycles. The molecule has 3 rings (SSSR count). The largest absolute Gasteiger partial charge is 0.351 e. The van der Waals surface area contributed by atoms with Crippen molar-refractivity contribution < 1.29 is 9.59 Å². The Hall–Kier alpha value is -2.07. The van der Waals surface area contributed by atoms with E-state index in [1.165, 1.54) is 23.1 Å². The van der Waals surface area contributed by atoms with Crippen LogP contribution in [0.2, 0.25) is 10.0 Å². The molecule has 0 radical (unpaired) electrons. The molecule has 0 atom stereocenters. The molecule has 0 saturated heterocycles. The Balaban J connectivity index is 1.52. The Morgan fingerprint density at radius 3 is 2.77 bits per heavy atom. The first-order chi connectivity index (χ1) is 14.5. The number of thioether (sulfide) groups is 1. The molecule has 2 amide bonds. The molecule has 1 aromatic carbocycles. The minimum atomic E-state index is -0.209. The number of anilines is 1. The molecule has 2 heterocycles. The lowest BCUT2D eigenvalue weighted by Gasteiger charge is -2.09. The first-order valence-electron chi connectivity index (χ1n) is 9.09. The molecule has 158 valence electrons. The minimum absolute atomic E-state index is 0.0975. The summed E-state index contributed by atoms with van der Waals surface area (Å²) in [6.45, 7) is 3.10. The third-order valence-corrected chi connectivity index (χ3v) is 6.41. The second-order valence-corrected chi connectivity index (χ2v) is 8.82. The number of amides is 2. The predicted octanol–water partition coefficient (Wildman–Crippen LogP) is 4.37. The molecule has 0 bridgehead atoms. The van der Waals surface area contributed by atoms with E-state index in [0.29, 0.717) is 45.3 Å². The van der Waals surface area contributed by atoms with Crippen LogP contribution in [0.25, 0.3) is 0 Å². The average Bonchev–Trinajstić information content (AvgIpc) is 3.38. The van der Waals surface area contributed by atoms with Crippen LogP contribution >= 0.6 is 46.3 Å². The van der Waals surface area contributed by atoms with E-state index >= 15 is 0 Å². The molecular formula is C19H19Cl2N5O2S2. The summed E-state index contributed by atoms with van der Waals surface area (Å²) in [6.07, 6.45) is 0.547. The fraction of sp³-hybridized carbons (Fsp3) is 0.263. The van der Waals surface area contributed by atoms with Gasteiger partial charge in [-0.15, -0.1) is 21.5 Å². The smallest absolute Gasteiger partial charge is 0.261 e. The lowest BCUT2D eigenvalue weighted by Crippen LogP contribution is -2.25.